The lowest BCUT2D eigenvalue weighted by Crippen LogP contribution is -2.59. The largest absolute Gasteiger partial charge is 0.480 e. The first-order valence-electron chi connectivity index (χ1n) is 24.7. The molecule has 4 aromatic rings. The van der Waals surface area contributed by atoms with E-state index in [4.69, 9.17) is 5.73 Å². The lowest BCUT2D eigenvalue weighted by molar-refractivity contribution is -0.142. The summed E-state index contributed by atoms with van der Waals surface area (Å²) >= 11 is 1.50. The van der Waals surface area contributed by atoms with Crippen LogP contribution in [0.2, 0.25) is 0 Å². The van der Waals surface area contributed by atoms with Gasteiger partial charge in [0.1, 0.15) is 36.3 Å². The molecule has 7 atom stereocenters. The fourth-order valence-corrected chi connectivity index (χ4v) is 9.69. The normalized spacial score (nSPS) is 16.0. The molecular formula is C51H70N12O10S. The van der Waals surface area contributed by atoms with Gasteiger partial charge in [-0.15, -0.1) is 11.8 Å². The van der Waals surface area contributed by atoms with E-state index < -0.39 is 108 Å². The Balaban J connectivity index is 1.22. The Labute approximate surface area is 434 Å². The van der Waals surface area contributed by atoms with Gasteiger partial charge in [-0.25, -0.2) is 4.98 Å². The third kappa shape index (κ3) is 18.0. The number of hydrogen-bond donors (Lipinski definition) is 11. The van der Waals surface area contributed by atoms with E-state index in [0.717, 1.165) is 16.5 Å². The summed E-state index contributed by atoms with van der Waals surface area (Å²) in [5.74, 6) is -5.74. The smallest absolute Gasteiger partial charge is 0.321 e. The molecule has 3 heterocycles. The van der Waals surface area contributed by atoms with Crippen LogP contribution in [-0.2, 0) is 62.4 Å². The quantitative estimate of drug-likeness (QED) is 0.0359. The van der Waals surface area contributed by atoms with Gasteiger partial charge in [0.25, 0.3) is 0 Å². The van der Waals surface area contributed by atoms with E-state index in [1.54, 1.807) is 20.0 Å². The molecule has 22 nitrogen and oxygen atoms in total. The third-order valence-corrected chi connectivity index (χ3v) is 13.5. The van der Waals surface area contributed by atoms with Gasteiger partial charge in [0, 0.05) is 78.9 Å². The fraction of sp³-hybridized carbons (Fsp3) is 0.490. The SMILES string of the molecule is CC(C)CC(CN1CSCC1C(=O)O)NC(=O)[C@H](Cc1cnc[nH]1)NC(=O)CNC(=O)[C@@H](NC(=O)[C@H](C)NC(=O)[C@H](Cc1c[nH]c2ccccc12)NC(=O)[C@H](CCC(N)=O)NC(=O)CCc1ccccc1)C(C)C. The van der Waals surface area contributed by atoms with E-state index in [0.29, 0.717) is 42.3 Å². The standard InChI is InChI=1S/C51H70N12O10S/c1-29(2)19-35(25-63-28-74-26-41(63)51(72)73)58-49(70)40(21-34-23-53-27-56-34)60-44(66)24-55-50(71)45(30(3)4)62-46(67)31(5)57-48(69)39(20-33-22-54-37-14-10-9-13-36(33)37)61-47(68)38(16-17-42(52)64)59-43(65)18-15-32-11-7-6-8-12-32/h6-14,22-23,27,29-31,35,38-41,45,54H,15-21,24-26,28H2,1-5H3,(H2,52,64)(H,53,56)(H,55,71)(H,57,69)(H,58,70)(H,59,65)(H,60,66)(H,61,68)(H,62,67)(H,72,73)/t31-,35?,38-,39-,40-,41?,45-/m0/s1. The molecule has 12 N–H and O–H groups in total. The second-order valence-corrected chi connectivity index (χ2v) is 20.3. The Morgan fingerprint density at radius 2 is 1.43 bits per heavy atom. The van der Waals surface area contributed by atoms with Crippen LogP contribution in [-0.4, -0.2) is 145 Å². The zero-order valence-corrected chi connectivity index (χ0v) is 43.2. The molecule has 1 saturated heterocycles. The number of aromatic amines is 2. The molecule has 1 aliphatic rings. The maximum absolute atomic E-state index is 14.2. The van der Waals surface area contributed by atoms with Crippen LogP contribution in [0.15, 0.2) is 73.3 Å². The Kier molecular flexibility index (Phi) is 22.0. The second kappa shape index (κ2) is 28.3. The summed E-state index contributed by atoms with van der Waals surface area (Å²) in [5, 5.41) is 29.5. The average molecular weight is 1040 g/mol. The summed E-state index contributed by atoms with van der Waals surface area (Å²) in [7, 11) is 0. The fourth-order valence-electron chi connectivity index (χ4n) is 8.48. The van der Waals surface area contributed by atoms with Gasteiger partial charge < -0.3 is 58.0 Å². The molecule has 2 aromatic carbocycles. The summed E-state index contributed by atoms with van der Waals surface area (Å²) < 4.78 is 0. The van der Waals surface area contributed by atoms with Gasteiger partial charge in [-0.3, -0.25) is 48.1 Å². The lowest BCUT2D eigenvalue weighted by atomic mass is 10.0. The maximum Gasteiger partial charge on any atom is 0.321 e. The molecule has 0 aliphatic carbocycles. The number of fused-ring (bicyclic) bond motifs is 1. The molecule has 2 unspecified atom stereocenters. The number of imidazole rings is 1. The molecule has 0 bridgehead atoms. The van der Waals surface area contributed by atoms with Crippen molar-refractivity contribution in [2.45, 2.75) is 122 Å². The number of primary amides is 1. The zero-order valence-electron chi connectivity index (χ0n) is 42.4. The van der Waals surface area contributed by atoms with Gasteiger partial charge in [0.05, 0.1) is 12.9 Å². The molecule has 2 aromatic heterocycles. The number of carbonyl (C=O) groups excluding carboxylic acids is 8. The number of carbonyl (C=O) groups is 9. The van der Waals surface area contributed by atoms with Gasteiger partial charge in [-0.2, -0.15) is 0 Å². The molecule has 0 saturated carbocycles. The molecule has 74 heavy (non-hydrogen) atoms. The number of rotatable bonds is 29. The molecule has 0 radical (unpaired) electrons. The molecule has 8 amide bonds. The van der Waals surface area contributed by atoms with Gasteiger partial charge in [0.15, 0.2) is 0 Å². The summed E-state index contributed by atoms with van der Waals surface area (Å²) in [4.78, 5) is 132. The van der Waals surface area contributed by atoms with Crippen molar-refractivity contribution in [3.05, 3.63) is 90.1 Å². The molecule has 1 aliphatic heterocycles. The van der Waals surface area contributed by atoms with Crippen molar-refractivity contribution in [3.8, 4) is 0 Å². The molecular weight excluding hydrogens is 973 g/mol. The highest BCUT2D eigenvalue weighted by molar-refractivity contribution is 7.99. The van der Waals surface area contributed by atoms with Crippen molar-refractivity contribution in [1.29, 1.82) is 0 Å². The van der Waals surface area contributed by atoms with E-state index >= 15 is 0 Å². The molecule has 23 heteroatoms. The van der Waals surface area contributed by atoms with Crippen LogP contribution in [0.25, 0.3) is 10.9 Å². The van der Waals surface area contributed by atoms with Crippen molar-refractivity contribution in [3.63, 3.8) is 0 Å². The molecule has 0 spiro atoms. The van der Waals surface area contributed by atoms with Gasteiger partial charge >= 0.3 is 5.97 Å². The number of aliphatic carboxylic acids is 1. The summed E-state index contributed by atoms with van der Waals surface area (Å²) in [6.07, 6.45) is 5.23. The molecule has 1 fully saturated rings. The van der Waals surface area contributed by atoms with E-state index in [2.05, 4.69) is 52.2 Å². The molecule has 5 rings (SSSR count). The highest BCUT2D eigenvalue weighted by Crippen LogP contribution is 2.23. The second-order valence-electron chi connectivity index (χ2n) is 19.3. The number of benzene rings is 2. The Morgan fingerprint density at radius 3 is 2.11 bits per heavy atom. The van der Waals surface area contributed by atoms with Crippen LogP contribution in [0.3, 0.4) is 0 Å². The number of hydrogen-bond acceptors (Lipinski definition) is 12. The van der Waals surface area contributed by atoms with Crippen LogP contribution >= 0.6 is 11.8 Å². The highest BCUT2D eigenvalue weighted by Gasteiger charge is 2.35. The van der Waals surface area contributed by atoms with E-state index in [-0.39, 0.29) is 38.0 Å². The van der Waals surface area contributed by atoms with Crippen LogP contribution < -0.4 is 43.0 Å². The third-order valence-electron chi connectivity index (χ3n) is 12.4. The monoisotopic (exact) mass is 1040 g/mol. The van der Waals surface area contributed by atoms with Crippen molar-refractivity contribution >= 4 is 75.9 Å². The van der Waals surface area contributed by atoms with E-state index in [1.807, 2.05) is 73.3 Å². The summed E-state index contributed by atoms with van der Waals surface area (Å²) in [6.45, 7) is 8.44. The Hall–Kier alpha value is -7.27. The number of nitrogens with one attached hydrogen (secondary N) is 9. The first kappa shape index (κ1) is 57.6. The minimum atomic E-state index is -1.30. The van der Waals surface area contributed by atoms with Crippen LogP contribution in [0, 0.1) is 11.8 Å². The van der Waals surface area contributed by atoms with Crippen LogP contribution in [0.4, 0.5) is 0 Å². The number of H-pyrrole nitrogens is 2. The van der Waals surface area contributed by atoms with Crippen molar-refractivity contribution in [1.82, 2.24) is 57.1 Å². The van der Waals surface area contributed by atoms with Gasteiger partial charge in [-0.05, 0) is 55.2 Å². The average Bonchev–Trinajstić information content (AvgIpc) is 4.15. The van der Waals surface area contributed by atoms with Crippen molar-refractivity contribution < 1.29 is 48.3 Å². The Morgan fingerprint density at radius 1 is 0.757 bits per heavy atom. The van der Waals surface area contributed by atoms with Gasteiger partial charge in [-0.1, -0.05) is 76.2 Å². The van der Waals surface area contributed by atoms with Crippen molar-refractivity contribution in [2.75, 3.05) is 24.7 Å². The first-order valence-corrected chi connectivity index (χ1v) is 25.9. The number of carboxylic acid groups (broad SMARTS) is 1. The Bertz CT molecular complexity index is 2560. The van der Waals surface area contributed by atoms with Crippen LogP contribution in [0.1, 0.15) is 77.1 Å². The minimum absolute atomic E-state index is 0.0273. The predicted molar refractivity (Wildman–Crippen MR) is 278 cm³/mol. The number of para-hydroxylation sites is 1. The summed E-state index contributed by atoms with van der Waals surface area (Å²) in [6, 6.07) is 9.39. The van der Waals surface area contributed by atoms with Crippen LogP contribution in [0.5, 0.6) is 0 Å². The lowest BCUT2D eigenvalue weighted by Gasteiger charge is -2.29. The topological polar surface area (TPSA) is 332 Å². The minimum Gasteiger partial charge on any atom is -0.480 e. The number of thioether (sulfide) groups is 1. The number of nitrogens with zero attached hydrogens (tertiary/aromatic N) is 2. The van der Waals surface area contributed by atoms with E-state index in [1.165, 1.54) is 31.2 Å². The predicted octanol–water partition coefficient (Wildman–Crippen LogP) is 0.781. The number of amides is 8. The number of carboxylic acids is 1. The highest BCUT2D eigenvalue weighted by atomic mass is 32.2. The summed E-state index contributed by atoms with van der Waals surface area (Å²) in [5.41, 5.74) is 8.32. The molecule has 400 valence electrons. The number of nitrogens with two attached hydrogens (primary N) is 1. The maximum atomic E-state index is 14.2. The van der Waals surface area contributed by atoms with Gasteiger partial charge in [0.2, 0.25) is 47.3 Å². The first-order chi connectivity index (χ1) is 35.3. The number of aryl methyl sites for hydroxylation is 1. The van der Waals surface area contributed by atoms with E-state index in [9.17, 15) is 48.3 Å². The number of aromatic nitrogens is 3. The van der Waals surface area contributed by atoms with Crippen molar-refractivity contribution in [2.24, 2.45) is 17.6 Å². The zero-order chi connectivity index (χ0) is 53.9.